The van der Waals surface area contributed by atoms with Gasteiger partial charge in [-0.05, 0) is 18.8 Å². The van der Waals surface area contributed by atoms with Crippen molar-refractivity contribution in [2.45, 2.75) is 45.2 Å². The standard InChI is InChI=1S/C11H17ClN2S/c1-7-14-8(6-15-7)5-13-10-4-9(12)11(10,2)3/h6,9-10,13H,4-5H2,1-3H3. The topological polar surface area (TPSA) is 24.9 Å². The molecule has 0 radical (unpaired) electrons. The summed E-state index contributed by atoms with van der Waals surface area (Å²) in [6, 6.07) is 0.530. The van der Waals surface area contributed by atoms with Gasteiger partial charge in [-0.2, -0.15) is 0 Å². The molecule has 1 aliphatic rings. The van der Waals surface area contributed by atoms with Gasteiger partial charge in [-0.3, -0.25) is 0 Å². The van der Waals surface area contributed by atoms with Crippen LogP contribution in [0.1, 0.15) is 31.0 Å². The van der Waals surface area contributed by atoms with Gasteiger partial charge in [0.05, 0.1) is 10.7 Å². The second kappa shape index (κ2) is 4.04. The number of aromatic nitrogens is 1. The van der Waals surface area contributed by atoms with Crippen LogP contribution >= 0.6 is 22.9 Å². The molecule has 0 aromatic carbocycles. The van der Waals surface area contributed by atoms with Crippen molar-refractivity contribution in [1.29, 1.82) is 0 Å². The zero-order valence-corrected chi connectivity index (χ0v) is 11.0. The highest BCUT2D eigenvalue weighted by atomic mass is 35.5. The maximum atomic E-state index is 6.17. The van der Waals surface area contributed by atoms with Crippen LogP contribution in [0.4, 0.5) is 0 Å². The lowest BCUT2D eigenvalue weighted by atomic mass is 9.67. The quantitative estimate of drug-likeness (QED) is 0.827. The molecule has 2 atom stereocenters. The fraction of sp³-hybridized carbons (Fsp3) is 0.727. The Labute approximate surface area is 100 Å². The normalized spacial score (nSPS) is 28.8. The lowest BCUT2D eigenvalue weighted by Gasteiger charge is -2.49. The highest BCUT2D eigenvalue weighted by molar-refractivity contribution is 7.09. The summed E-state index contributed by atoms with van der Waals surface area (Å²) < 4.78 is 0. The summed E-state index contributed by atoms with van der Waals surface area (Å²) in [4.78, 5) is 4.43. The van der Waals surface area contributed by atoms with Gasteiger partial charge in [-0.15, -0.1) is 22.9 Å². The molecule has 2 unspecified atom stereocenters. The van der Waals surface area contributed by atoms with E-state index < -0.39 is 0 Å². The summed E-state index contributed by atoms with van der Waals surface area (Å²) in [7, 11) is 0. The van der Waals surface area contributed by atoms with Gasteiger partial charge in [-0.25, -0.2) is 4.98 Å². The molecule has 2 nitrogen and oxygen atoms in total. The molecule has 2 rings (SSSR count). The van der Waals surface area contributed by atoms with Gasteiger partial charge in [0.25, 0.3) is 0 Å². The van der Waals surface area contributed by atoms with E-state index in [0.717, 1.165) is 23.7 Å². The van der Waals surface area contributed by atoms with E-state index in [9.17, 15) is 0 Å². The van der Waals surface area contributed by atoms with Crippen molar-refractivity contribution < 1.29 is 0 Å². The van der Waals surface area contributed by atoms with Crippen LogP contribution in [0.3, 0.4) is 0 Å². The van der Waals surface area contributed by atoms with E-state index in [1.165, 1.54) is 0 Å². The van der Waals surface area contributed by atoms with Crippen LogP contribution in [0, 0.1) is 12.3 Å². The largest absolute Gasteiger partial charge is 0.308 e. The Bertz CT molecular complexity index is 348. The number of rotatable bonds is 3. The number of nitrogens with one attached hydrogen (secondary N) is 1. The first-order valence-electron chi connectivity index (χ1n) is 5.28. The summed E-state index contributed by atoms with van der Waals surface area (Å²) in [5.41, 5.74) is 1.36. The van der Waals surface area contributed by atoms with Gasteiger partial charge in [0.2, 0.25) is 0 Å². The summed E-state index contributed by atoms with van der Waals surface area (Å²) in [5.74, 6) is 0. The minimum Gasteiger partial charge on any atom is -0.308 e. The molecule has 1 aromatic heterocycles. The number of hydrogen-bond acceptors (Lipinski definition) is 3. The van der Waals surface area contributed by atoms with Gasteiger partial charge in [0.1, 0.15) is 0 Å². The third kappa shape index (κ3) is 2.19. The summed E-state index contributed by atoms with van der Waals surface area (Å²) in [6.45, 7) is 7.34. The highest BCUT2D eigenvalue weighted by Gasteiger charge is 2.46. The van der Waals surface area contributed by atoms with Crippen LogP contribution in [0.2, 0.25) is 0 Å². The number of hydrogen-bond donors (Lipinski definition) is 1. The number of nitrogens with zero attached hydrogens (tertiary/aromatic N) is 1. The highest BCUT2D eigenvalue weighted by Crippen LogP contribution is 2.44. The van der Waals surface area contributed by atoms with Crippen molar-refractivity contribution in [2.24, 2.45) is 5.41 Å². The van der Waals surface area contributed by atoms with Crippen molar-refractivity contribution in [3.8, 4) is 0 Å². The Morgan fingerprint density at radius 1 is 1.67 bits per heavy atom. The second-order valence-corrected chi connectivity index (χ2v) is 6.41. The molecule has 15 heavy (non-hydrogen) atoms. The first-order chi connectivity index (χ1) is 7.00. The van der Waals surface area contributed by atoms with Crippen molar-refractivity contribution in [2.75, 3.05) is 0 Å². The minimum atomic E-state index is 0.215. The van der Waals surface area contributed by atoms with Crippen LogP contribution in [0.5, 0.6) is 0 Å². The predicted octanol–water partition coefficient (Wildman–Crippen LogP) is 2.95. The van der Waals surface area contributed by atoms with Gasteiger partial charge in [0.15, 0.2) is 0 Å². The average molecular weight is 245 g/mol. The molecule has 1 heterocycles. The van der Waals surface area contributed by atoms with Gasteiger partial charge >= 0.3 is 0 Å². The van der Waals surface area contributed by atoms with Crippen molar-refractivity contribution in [3.63, 3.8) is 0 Å². The smallest absolute Gasteiger partial charge is 0.0897 e. The van der Waals surface area contributed by atoms with E-state index >= 15 is 0 Å². The number of alkyl halides is 1. The van der Waals surface area contributed by atoms with Crippen LogP contribution < -0.4 is 5.32 Å². The Hall–Kier alpha value is -0.120. The van der Waals surface area contributed by atoms with E-state index in [-0.39, 0.29) is 5.41 Å². The first-order valence-corrected chi connectivity index (χ1v) is 6.60. The molecule has 0 aliphatic heterocycles. The molecule has 4 heteroatoms. The van der Waals surface area contributed by atoms with Crippen LogP contribution in [0.25, 0.3) is 0 Å². The Kier molecular flexibility index (Phi) is 3.06. The maximum Gasteiger partial charge on any atom is 0.0897 e. The number of thiazole rings is 1. The molecule has 1 N–H and O–H groups in total. The monoisotopic (exact) mass is 244 g/mol. The lowest BCUT2D eigenvalue weighted by molar-refractivity contribution is 0.115. The maximum absolute atomic E-state index is 6.17. The number of aryl methyl sites for hydroxylation is 1. The van der Waals surface area contributed by atoms with E-state index in [0.29, 0.717) is 11.4 Å². The fourth-order valence-corrected chi connectivity index (χ4v) is 2.88. The van der Waals surface area contributed by atoms with Gasteiger partial charge in [-0.1, -0.05) is 13.8 Å². The Morgan fingerprint density at radius 3 is 2.87 bits per heavy atom. The molecule has 0 bridgehead atoms. The minimum absolute atomic E-state index is 0.215. The molecule has 1 saturated carbocycles. The summed E-state index contributed by atoms with van der Waals surface area (Å²) in [6.07, 6.45) is 1.07. The van der Waals surface area contributed by atoms with Crippen LogP contribution in [-0.4, -0.2) is 16.4 Å². The third-order valence-corrected chi connectivity index (χ3v) is 4.91. The first kappa shape index (κ1) is 11.4. The van der Waals surface area contributed by atoms with E-state index in [2.05, 4.69) is 29.5 Å². The zero-order chi connectivity index (χ0) is 11.1. The Balaban J connectivity index is 1.85. The molecule has 0 saturated heterocycles. The zero-order valence-electron chi connectivity index (χ0n) is 9.38. The average Bonchev–Trinajstić information content (AvgIpc) is 2.58. The van der Waals surface area contributed by atoms with Crippen molar-refractivity contribution in [1.82, 2.24) is 10.3 Å². The molecule has 84 valence electrons. The van der Waals surface area contributed by atoms with E-state index in [1.54, 1.807) is 11.3 Å². The van der Waals surface area contributed by atoms with Crippen molar-refractivity contribution in [3.05, 3.63) is 16.1 Å². The molecule has 1 fully saturated rings. The van der Waals surface area contributed by atoms with Crippen LogP contribution in [0.15, 0.2) is 5.38 Å². The molecule has 0 amide bonds. The van der Waals surface area contributed by atoms with E-state index in [4.69, 9.17) is 11.6 Å². The van der Waals surface area contributed by atoms with Crippen LogP contribution in [-0.2, 0) is 6.54 Å². The summed E-state index contributed by atoms with van der Waals surface area (Å²) >= 11 is 7.87. The number of halogens is 1. The second-order valence-electron chi connectivity index (χ2n) is 4.82. The molecule has 1 aliphatic carbocycles. The Morgan fingerprint density at radius 2 is 2.40 bits per heavy atom. The third-order valence-electron chi connectivity index (χ3n) is 3.34. The van der Waals surface area contributed by atoms with Gasteiger partial charge < -0.3 is 5.32 Å². The SMILES string of the molecule is Cc1nc(CNC2CC(Cl)C2(C)C)cs1. The lowest BCUT2D eigenvalue weighted by Crippen LogP contribution is -2.57. The fourth-order valence-electron chi connectivity index (χ4n) is 1.94. The van der Waals surface area contributed by atoms with Crippen molar-refractivity contribution >= 4 is 22.9 Å². The van der Waals surface area contributed by atoms with Gasteiger partial charge in [0, 0.05) is 23.3 Å². The molecular weight excluding hydrogens is 228 g/mol. The van der Waals surface area contributed by atoms with E-state index in [1.807, 2.05) is 6.92 Å². The predicted molar refractivity (Wildman–Crippen MR) is 65.5 cm³/mol. The summed E-state index contributed by atoms with van der Waals surface area (Å²) in [5, 5.41) is 7.09. The molecule has 1 aromatic rings. The molecule has 0 spiro atoms. The molecular formula is C11H17ClN2S.